The summed E-state index contributed by atoms with van der Waals surface area (Å²) in [6.45, 7) is 8.23. The lowest BCUT2D eigenvalue weighted by molar-refractivity contribution is 1.01. The maximum absolute atomic E-state index is 2.35. The topological polar surface area (TPSA) is 3.24 Å². The van der Waals surface area contributed by atoms with Gasteiger partial charge >= 0.3 is 0 Å². The monoisotopic (exact) mass is 189 g/mol. The summed E-state index contributed by atoms with van der Waals surface area (Å²) < 4.78 is 0. The van der Waals surface area contributed by atoms with Crippen molar-refractivity contribution < 1.29 is 0 Å². The molecule has 1 aliphatic heterocycles. The van der Waals surface area contributed by atoms with Crippen LogP contribution in [0.2, 0.25) is 0 Å². The Bertz CT molecular complexity index is 277. The van der Waals surface area contributed by atoms with Gasteiger partial charge in [0.2, 0.25) is 0 Å². The van der Waals surface area contributed by atoms with E-state index in [4.69, 9.17) is 0 Å². The van der Waals surface area contributed by atoms with E-state index in [1.54, 1.807) is 0 Å². The SMILES string of the molecule is CC.Cc1ccc(N2CC=CC2)cc1. The summed E-state index contributed by atoms with van der Waals surface area (Å²) in [7, 11) is 0. The predicted molar refractivity (Wildman–Crippen MR) is 63.9 cm³/mol. The highest BCUT2D eigenvalue weighted by Crippen LogP contribution is 2.16. The molecule has 0 aromatic heterocycles. The molecule has 1 aromatic carbocycles. The Kier molecular flexibility index (Phi) is 4.24. The van der Waals surface area contributed by atoms with Gasteiger partial charge in [-0.2, -0.15) is 0 Å². The van der Waals surface area contributed by atoms with Crippen molar-refractivity contribution in [2.75, 3.05) is 18.0 Å². The average Bonchev–Trinajstić information content (AvgIpc) is 2.75. The molecule has 1 heterocycles. The first-order valence-electron chi connectivity index (χ1n) is 5.33. The van der Waals surface area contributed by atoms with Crippen molar-refractivity contribution >= 4 is 5.69 Å². The van der Waals surface area contributed by atoms with Gasteiger partial charge in [-0.3, -0.25) is 0 Å². The van der Waals surface area contributed by atoms with Gasteiger partial charge in [0.1, 0.15) is 0 Å². The zero-order valence-corrected chi connectivity index (χ0v) is 9.33. The van der Waals surface area contributed by atoms with Crippen molar-refractivity contribution in [1.82, 2.24) is 0 Å². The van der Waals surface area contributed by atoms with E-state index in [-0.39, 0.29) is 0 Å². The first-order valence-corrected chi connectivity index (χ1v) is 5.33. The van der Waals surface area contributed by atoms with Gasteiger partial charge in [-0.05, 0) is 19.1 Å². The van der Waals surface area contributed by atoms with Crippen LogP contribution < -0.4 is 4.90 Å². The fourth-order valence-corrected chi connectivity index (χ4v) is 1.44. The van der Waals surface area contributed by atoms with E-state index in [1.807, 2.05) is 13.8 Å². The summed E-state index contributed by atoms with van der Waals surface area (Å²) in [4.78, 5) is 2.35. The number of anilines is 1. The van der Waals surface area contributed by atoms with Crippen LogP contribution in [0, 0.1) is 6.92 Å². The molecule has 0 saturated heterocycles. The van der Waals surface area contributed by atoms with Crippen molar-refractivity contribution in [3.63, 3.8) is 0 Å². The lowest BCUT2D eigenvalue weighted by Gasteiger charge is -2.17. The minimum Gasteiger partial charge on any atom is -0.364 e. The molecule has 0 N–H and O–H groups in total. The van der Waals surface area contributed by atoms with E-state index in [2.05, 4.69) is 48.2 Å². The molecule has 0 atom stereocenters. The third-order valence-corrected chi connectivity index (χ3v) is 2.22. The smallest absolute Gasteiger partial charge is 0.0372 e. The van der Waals surface area contributed by atoms with Crippen LogP contribution in [-0.4, -0.2) is 13.1 Å². The molecule has 2 rings (SSSR count). The Balaban J connectivity index is 0.000000461. The maximum Gasteiger partial charge on any atom is 0.0372 e. The number of nitrogens with zero attached hydrogens (tertiary/aromatic N) is 1. The number of hydrogen-bond acceptors (Lipinski definition) is 1. The Morgan fingerprint density at radius 1 is 0.929 bits per heavy atom. The van der Waals surface area contributed by atoms with Crippen LogP contribution in [0.1, 0.15) is 19.4 Å². The van der Waals surface area contributed by atoms with Gasteiger partial charge in [-0.15, -0.1) is 0 Å². The van der Waals surface area contributed by atoms with Crippen LogP contribution in [0.4, 0.5) is 5.69 Å². The Morgan fingerprint density at radius 3 is 1.93 bits per heavy atom. The van der Waals surface area contributed by atoms with Gasteiger partial charge in [0.25, 0.3) is 0 Å². The molecule has 76 valence electrons. The number of hydrogen-bond donors (Lipinski definition) is 0. The Morgan fingerprint density at radius 2 is 1.43 bits per heavy atom. The van der Waals surface area contributed by atoms with Crippen LogP contribution in [0.25, 0.3) is 0 Å². The van der Waals surface area contributed by atoms with E-state index in [0.717, 1.165) is 13.1 Å². The molecule has 1 aliphatic rings. The Hall–Kier alpha value is -1.24. The summed E-state index contributed by atoms with van der Waals surface area (Å²) in [6, 6.07) is 8.69. The minimum absolute atomic E-state index is 1.06. The minimum atomic E-state index is 1.06. The third kappa shape index (κ3) is 2.63. The van der Waals surface area contributed by atoms with E-state index < -0.39 is 0 Å². The van der Waals surface area contributed by atoms with Crippen molar-refractivity contribution in [3.05, 3.63) is 42.0 Å². The molecular formula is C13H19N. The van der Waals surface area contributed by atoms with Gasteiger partial charge in [-0.1, -0.05) is 43.7 Å². The fraction of sp³-hybridized carbons (Fsp3) is 0.385. The number of rotatable bonds is 1. The van der Waals surface area contributed by atoms with E-state index >= 15 is 0 Å². The lowest BCUT2D eigenvalue weighted by Crippen LogP contribution is -2.18. The second-order valence-electron chi connectivity index (χ2n) is 3.21. The normalized spacial score (nSPS) is 13.8. The first-order chi connectivity index (χ1) is 6.86. The van der Waals surface area contributed by atoms with E-state index in [9.17, 15) is 0 Å². The van der Waals surface area contributed by atoms with Crippen molar-refractivity contribution in [2.24, 2.45) is 0 Å². The Labute approximate surface area is 87.1 Å². The first kappa shape index (κ1) is 10.8. The van der Waals surface area contributed by atoms with Gasteiger partial charge in [0.15, 0.2) is 0 Å². The highest BCUT2D eigenvalue weighted by molar-refractivity contribution is 5.50. The van der Waals surface area contributed by atoms with E-state index in [1.165, 1.54) is 11.3 Å². The second-order valence-corrected chi connectivity index (χ2v) is 3.21. The van der Waals surface area contributed by atoms with Crippen molar-refractivity contribution in [2.45, 2.75) is 20.8 Å². The zero-order chi connectivity index (χ0) is 10.4. The van der Waals surface area contributed by atoms with Gasteiger partial charge < -0.3 is 4.90 Å². The van der Waals surface area contributed by atoms with Gasteiger partial charge in [-0.25, -0.2) is 0 Å². The molecule has 1 heteroatoms. The maximum atomic E-state index is 2.35. The molecule has 1 aromatic rings. The quantitative estimate of drug-likeness (QED) is 0.612. The molecule has 0 amide bonds. The van der Waals surface area contributed by atoms with Crippen molar-refractivity contribution in [3.8, 4) is 0 Å². The lowest BCUT2D eigenvalue weighted by atomic mass is 10.2. The summed E-state index contributed by atoms with van der Waals surface area (Å²) in [5.41, 5.74) is 2.65. The highest BCUT2D eigenvalue weighted by atomic mass is 15.1. The number of benzene rings is 1. The highest BCUT2D eigenvalue weighted by Gasteiger charge is 2.05. The molecule has 14 heavy (non-hydrogen) atoms. The van der Waals surface area contributed by atoms with Crippen LogP contribution >= 0.6 is 0 Å². The molecule has 0 spiro atoms. The fourth-order valence-electron chi connectivity index (χ4n) is 1.44. The molecule has 0 radical (unpaired) electrons. The molecule has 0 fully saturated rings. The number of aryl methyl sites for hydroxylation is 1. The van der Waals surface area contributed by atoms with Crippen LogP contribution in [0.15, 0.2) is 36.4 Å². The molecular weight excluding hydrogens is 170 g/mol. The average molecular weight is 189 g/mol. The van der Waals surface area contributed by atoms with Crippen LogP contribution in [-0.2, 0) is 0 Å². The third-order valence-electron chi connectivity index (χ3n) is 2.22. The summed E-state index contributed by atoms with van der Waals surface area (Å²) in [6.07, 6.45) is 4.42. The van der Waals surface area contributed by atoms with Crippen LogP contribution in [0.5, 0.6) is 0 Å². The standard InChI is InChI=1S/C11H13N.C2H6/c1-10-4-6-11(7-5-10)12-8-2-3-9-12;1-2/h2-7H,8-9H2,1H3;1-2H3. The summed E-state index contributed by atoms with van der Waals surface area (Å²) >= 11 is 0. The van der Waals surface area contributed by atoms with Crippen molar-refractivity contribution in [1.29, 1.82) is 0 Å². The second kappa shape index (κ2) is 5.48. The molecule has 0 aliphatic carbocycles. The molecule has 0 unspecified atom stereocenters. The zero-order valence-electron chi connectivity index (χ0n) is 9.33. The molecule has 0 saturated carbocycles. The predicted octanol–water partition coefficient (Wildman–Crippen LogP) is 3.40. The van der Waals surface area contributed by atoms with E-state index in [0.29, 0.717) is 0 Å². The summed E-state index contributed by atoms with van der Waals surface area (Å²) in [5.74, 6) is 0. The van der Waals surface area contributed by atoms with Gasteiger partial charge in [0, 0.05) is 18.8 Å². The molecule has 0 bridgehead atoms. The largest absolute Gasteiger partial charge is 0.364 e. The molecule has 1 nitrogen and oxygen atoms in total. The van der Waals surface area contributed by atoms with Gasteiger partial charge in [0.05, 0.1) is 0 Å². The van der Waals surface area contributed by atoms with Crippen LogP contribution in [0.3, 0.4) is 0 Å². The summed E-state index contributed by atoms with van der Waals surface area (Å²) in [5, 5.41) is 0.